The van der Waals surface area contributed by atoms with Gasteiger partial charge in [0.25, 0.3) is 0 Å². The third-order valence-electron chi connectivity index (χ3n) is 4.59. The number of aromatic nitrogens is 1. The number of hydrogen-bond acceptors (Lipinski definition) is 4. The molecule has 5 nitrogen and oxygen atoms in total. The van der Waals surface area contributed by atoms with Crippen LogP contribution in [0, 0.1) is 0 Å². The molecule has 0 bridgehead atoms. The monoisotopic (exact) mass is 326 g/mol. The minimum Gasteiger partial charge on any atom is -0.497 e. The molecule has 0 radical (unpaired) electrons. The number of pyridine rings is 1. The van der Waals surface area contributed by atoms with Crippen molar-refractivity contribution in [1.29, 1.82) is 0 Å². The van der Waals surface area contributed by atoms with Crippen molar-refractivity contribution < 1.29 is 14.6 Å². The zero-order valence-corrected chi connectivity index (χ0v) is 13.8. The van der Waals surface area contributed by atoms with Gasteiger partial charge < -0.3 is 9.84 Å². The lowest BCUT2D eigenvalue weighted by molar-refractivity contribution is -0.145. The minimum atomic E-state index is -0.753. The van der Waals surface area contributed by atoms with E-state index < -0.39 is 12.0 Å². The number of methoxy groups -OCH3 is 1. The number of hydrogen-bond donors (Lipinski definition) is 1. The Labute approximate surface area is 141 Å². The van der Waals surface area contributed by atoms with Crippen molar-refractivity contribution in [2.24, 2.45) is 0 Å². The van der Waals surface area contributed by atoms with Gasteiger partial charge in [-0.05, 0) is 48.7 Å². The summed E-state index contributed by atoms with van der Waals surface area (Å²) >= 11 is 0. The van der Waals surface area contributed by atoms with Gasteiger partial charge in [-0.25, -0.2) is 0 Å². The Hall–Kier alpha value is -2.40. The number of piperidine rings is 1. The highest BCUT2D eigenvalue weighted by Gasteiger charge is 2.35. The van der Waals surface area contributed by atoms with Crippen LogP contribution in [-0.4, -0.2) is 40.7 Å². The van der Waals surface area contributed by atoms with Gasteiger partial charge in [0, 0.05) is 12.4 Å². The average molecular weight is 326 g/mol. The van der Waals surface area contributed by atoms with Crippen molar-refractivity contribution in [3.63, 3.8) is 0 Å². The molecule has 2 atom stereocenters. The highest BCUT2D eigenvalue weighted by Crippen LogP contribution is 2.34. The van der Waals surface area contributed by atoms with E-state index >= 15 is 0 Å². The molecule has 1 saturated heterocycles. The molecular weight excluding hydrogens is 304 g/mol. The lowest BCUT2D eigenvalue weighted by Gasteiger charge is -2.39. The number of carbonyl (C=O) groups is 1. The van der Waals surface area contributed by atoms with E-state index in [-0.39, 0.29) is 6.04 Å². The molecule has 1 fully saturated rings. The first-order chi connectivity index (χ1) is 11.7. The summed E-state index contributed by atoms with van der Waals surface area (Å²) in [5.74, 6) is 0.0363. The standard InChI is InChI=1S/C19H22N2O3/c1-24-16-9-7-14(8-10-16)18(15-5-4-11-20-13-15)21-12-3-2-6-17(21)19(22)23/h4-5,7-11,13,17-18H,2-3,6,12H2,1H3,(H,22,23). The van der Waals surface area contributed by atoms with Gasteiger partial charge in [0.15, 0.2) is 0 Å². The molecular formula is C19H22N2O3. The Morgan fingerprint density at radius 1 is 1.25 bits per heavy atom. The number of ether oxygens (including phenoxy) is 1. The molecule has 2 aromatic rings. The number of likely N-dealkylation sites (tertiary alicyclic amines) is 1. The molecule has 2 heterocycles. The zero-order valence-electron chi connectivity index (χ0n) is 13.8. The van der Waals surface area contributed by atoms with E-state index in [0.29, 0.717) is 6.42 Å². The number of aliphatic carboxylic acids is 1. The van der Waals surface area contributed by atoms with Crippen LogP contribution < -0.4 is 4.74 Å². The molecule has 1 aliphatic heterocycles. The number of rotatable bonds is 5. The predicted octanol–water partition coefficient (Wildman–Crippen LogP) is 3.12. The summed E-state index contributed by atoms with van der Waals surface area (Å²) in [6.07, 6.45) is 6.21. The molecule has 5 heteroatoms. The molecule has 3 rings (SSSR count). The first-order valence-corrected chi connectivity index (χ1v) is 8.23. The fraction of sp³-hybridized carbons (Fsp3) is 0.368. The third kappa shape index (κ3) is 3.41. The van der Waals surface area contributed by atoms with Crippen LogP contribution in [0.1, 0.15) is 36.4 Å². The van der Waals surface area contributed by atoms with Crippen molar-refractivity contribution in [1.82, 2.24) is 9.88 Å². The molecule has 0 aliphatic carbocycles. The summed E-state index contributed by atoms with van der Waals surface area (Å²) in [7, 11) is 1.64. The average Bonchev–Trinajstić information content (AvgIpc) is 2.64. The van der Waals surface area contributed by atoms with E-state index in [0.717, 1.165) is 36.3 Å². The van der Waals surface area contributed by atoms with Crippen molar-refractivity contribution in [2.45, 2.75) is 31.3 Å². The zero-order chi connectivity index (χ0) is 16.9. The summed E-state index contributed by atoms with van der Waals surface area (Å²) in [6, 6.07) is 11.2. The van der Waals surface area contributed by atoms with Crippen molar-refractivity contribution >= 4 is 5.97 Å². The molecule has 0 spiro atoms. The van der Waals surface area contributed by atoms with Gasteiger partial charge in [0.2, 0.25) is 0 Å². The van der Waals surface area contributed by atoms with E-state index in [1.54, 1.807) is 13.3 Å². The number of nitrogens with zero attached hydrogens (tertiary/aromatic N) is 2. The summed E-state index contributed by atoms with van der Waals surface area (Å²) in [5.41, 5.74) is 2.06. The molecule has 1 aromatic carbocycles. The molecule has 1 aromatic heterocycles. The normalized spacial score (nSPS) is 19.6. The van der Waals surface area contributed by atoms with Gasteiger partial charge in [0.1, 0.15) is 11.8 Å². The van der Waals surface area contributed by atoms with Crippen molar-refractivity contribution in [2.75, 3.05) is 13.7 Å². The van der Waals surface area contributed by atoms with Gasteiger partial charge in [-0.15, -0.1) is 0 Å². The van der Waals surface area contributed by atoms with E-state index in [2.05, 4.69) is 9.88 Å². The van der Waals surface area contributed by atoms with Gasteiger partial charge in [-0.1, -0.05) is 24.6 Å². The fourth-order valence-corrected chi connectivity index (χ4v) is 3.43. The second-order valence-electron chi connectivity index (χ2n) is 6.05. The van der Waals surface area contributed by atoms with Crippen LogP contribution in [0.15, 0.2) is 48.8 Å². The summed E-state index contributed by atoms with van der Waals surface area (Å²) in [5, 5.41) is 9.66. The molecule has 0 amide bonds. The van der Waals surface area contributed by atoms with E-state index in [1.165, 1.54) is 0 Å². The number of carboxylic acids is 1. The van der Waals surface area contributed by atoms with E-state index in [1.807, 2.05) is 42.6 Å². The van der Waals surface area contributed by atoms with E-state index in [9.17, 15) is 9.90 Å². The summed E-state index contributed by atoms with van der Waals surface area (Å²) in [6.45, 7) is 0.766. The van der Waals surface area contributed by atoms with Gasteiger partial charge in [0.05, 0.1) is 13.2 Å². The van der Waals surface area contributed by atoms with Crippen LogP contribution in [0.2, 0.25) is 0 Å². The van der Waals surface area contributed by atoms with Gasteiger partial charge in [-0.3, -0.25) is 14.7 Å². The summed E-state index contributed by atoms with van der Waals surface area (Å²) < 4.78 is 5.24. The quantitative estimate of drug-likeness (QED) is 0.914. The first kappa shape index (κ1) is 16.5. The molecule has 24 heavy (non-hydrogen) atoms. The molecule has 0 saturated carbocycles. The van der Waals surface area contributed by atoms with Crippen LogP contribution in [0.25, 0.3) is 0 Å². The number of benzene rings is 1. The molecule has 2 unspecified atom stereocenters. The predicted molar refractivity (Wildman–Crippen MR) is 91.1 cm³/mol. The van der Waals surface area contributed by atoms with Crippen LogP contribution in [0.5, 0.6) is 5.75 Å². The lowest BCUT2D eigenvalue weighted by atomic mass is 9.92. The number of carboxylic acid groups (broad SMARTS) is 1. The Kier molecular flexibility index (Phi) is 5.11. The third-order valence-corrected chi connectivity index (χ3v) is 4.59. The van der Waals surface area contributed by atoms with Crippen molar-refractivity contribution in [3.05, 3.63) is 59.9 Å². The van der Waals surface area contributed by atoms with Gasteiger partial charge >= 0.3 is 5.97 Å². The Morgan fingerprint density at radius 3 is 2.67 bits per heavy atom. The molecule has 126 valence electrons. The Bertz CT molecular complexity index is 673. The van der Waals surface area contributed by atoms with Crippen LogP contribution in [0.3, 0.4) is 0 Å². The second-order valence-corrected chi connectivity index (χ2v) is 6.05. The first-order valence-electron chi connectivity index (χ1n) is 8.23. The topological polar surface area (TPSA) is 62.7 Å². The van der Waals surface area contributed by atoms with Crippen LogP contribution >= 0.6 is 0 Å². The van der Waals surface area contributed by atoms with Crippen LogP contribution in [0.4, 0.5) is 0 Å². The maximum absolute atomic E-state index is 11.8. The highest BCUT2D eigenvalue weighted by atomic mass is 16.5. The smallest absolute Gasteiger partial charge is 0.320 e. The minimum absolute atomic E-state index is 0.119. The fourth-order valence-electron chi connectivity index (χ4n) is 3.43. The Balaban J connectivity index is 2.02. The van der Waals surface area contributed by atoms with Gasteiger partial charge in [-0.2, -0.15) is 0 Å². The van der Waals surface area contributed by atoms with Crippen molar-refractivity contribution in [3.8, 4) is 5.75 Å². The highest BCUT2D eigenvalue weighted by molar-refractivity contribution is 5.73. The SMILES string of the molecule is COc1ccc(C(c2cccnc2)N2CCCCC2C(=O)O)cc1. The maximum atomic E-state index is 11.8. The maximum Gasteiger partial charge on any atom is 0.320 e. The summed E-state index contributed by atoms with van der Waals surface area (Å²) in [4.78, 5) is 18.1. The lowest BCUT2D eigenvalue weighted by Crippen LogP contribution is -2.46. The molecule has 1 aliphatic rings. The van der Waals surface area contributed by atoms with E-state index in [4.69, 9.17) is 4.74 Å². The largest absolute Gasteiger partial charge is 0.497 e. The Morgan fingerprint density at radius 2 is 2.04 bits per heavy atom. The molecule has 1 N–H and O–H groups in total. The second kappa shape index (κ2) is 7.45. The van der Waals surface area contributed by atoms with Crippen LogP contribution in [-0.2, 0) is 4.79 Å².